The summed E-state index contributed by atoms with van der Waals surface area (Å²) in [5, 5.41) is 0. The summed E-state index contributed by atoms with van der Waals surface area (Å²) in [7, 11) is 0. The number of hydrogen-bond acceptors (Lipinski definition) is 0. The van der Waals surface area contributed by atoms with Crippen LogP contribution in [0, 0.1) is 32.5 Å². The van der Waals surface area contributed by atoms with Gasteiger partial charge in [0, 0.05) is 0 Å². The molecular formula is C16H28. The first-order valence-electron chi connectivity index (χ1n) is 6.91. The van der Waals surface area contributed by atoms with Crippen molar-refractivity contribution in [2.24, 2.45) is 32.5 Å². The molecule has 0 N–H and O–H groups in total. The van der Waals surface area contributed by atoms with E-state index in [1.165, 1.54) is 12.8 Å². The van der Waals surface area contributed by atoms with Crippen molar-refractivity contribution in [2.45, 2.75) is 68.2 Å². The lowest BCUT2D eigenvalue weighted by Crippen LogP contribution is -2.93. The van der Waals surface area contributed by atoms with Crippen LogP contribution in [-0.2, 0) is 0 Å². The van der Waals surface area contributed by atoms with Crippen LogP contribution in [0.3, 0.4) is 0 Å². The van der Waals surface area contributed by atoms with Gasteiger partial charge in [-0.25, -0.2) is 0 Å². The monoisotopic (exact) mass is 220 g/mol. The highest BCUT2D eigenvalue weighted by Gasteiger charge is 2.95. The number of hydrogen-bond donors (Lipinski definition) is 0. The highest BCUT2D eigenvalue weighted by Crippen LogP contribution is 3.00. The summed E-state index contributed by atoms with van der Waals surface area (Å²) in [4.78, 5) is 0. The van der Waals surface area contributed by atoms with E-state index in [0.29, 0.717) is 32.5 Å². The lowest BCUT2D eigenvalue weighted by atomic mass is 9.05. The second-order valence-corrected chi connectivity index (χ2v) is 9.04. The van der Waals surface area contributed by atoms with Crippen LogP contribution in [0.2, 0.25) is 0 Å². The third kappa shape index (κ3) is 0.543. The number of rotatable bonds is 0. The van der Waals surface area contributed by atoms with Crippen LogP contribution in [0.5, 0.6) is 0 Å². The van der Waals surface area contributed by atoms with Crippen molar-refractivity contribution in [2.75, 3.05) is 0 Å². The second kappa shape index (κ2) is 2.04. The Hall–Kier alpha value is 0. The Labute approximate surface area is 101 Å². The van der Waals surface area contributed by atoms with Crippen LogP contribution < -0.4 is 0 Å². The predicted molar refractivity (Wildman–Crippen MR) is 69.2 cm³/mol. The lowest BCUT2D eigenvalue weighted by Gasteiger charge is -2.99. The van der Waals surface area contributed by atoms with Crippen molar-refractivity contribution >= 4 is 0 Å². The van der Waals surface area contributed by atoms with Gasteiger partial charge < -0.3 is 0 Å². The summed E-state index contributed by atoms with van der Waals surface area (Å²) < 4.78 is 0. The molecule has 0 radical (unpaired) electrons. The molecule has 3 saturated carbocycles. The molecule has 3 aliphatic carbocycles. The third-order valence-electron chi connectivity index (χ3n) is 8.71. The Bertz CT molecular complexity index is 337. The predicted octanol–water partition coefficient (Wildman–Crippen LogP) is 4.89. The van der Waals surface area contributed by atoms with Gasteiger partial charge in [0.2, 0.25) is 0 Å². The SMILES string of the molecule is CC1(C)CC2(C)C1(C)C1(C)CC(C)(C)C21C. The Morgan fingerprint density at radius 2 is 0.750 bits per heavy atom. The van der Waals surface area contributed by atoms with Gasteiger partial charge in [-0.15, -0.1) is 0 Å². The van der Waals surface area contributed by atoms with E-state index < -0.39 is 0 Å². The zero-order chi connectivity index (χ0) is 12.4. The topological polar surface area (TPSA) is 0 Å². The van der Waals surface area contributed by atoms with Gasteiger partial charge in [-0.2, -0.15) is 0 Å². The van der Waals surface area contributed by atoms with Crippen molar-refractivity contribution in [1.82, 2.24) is 0 Å². The van der Waals surface area contributed by atoms with Crippen LogP contribution in [-0.4, -0.2) is 0 Å². The van der Waals surface area contributed by atoms with E-state index in [1.54, 1.807) is 0 Å². The smallest absolute Gasteiger partial charge is 0.0155 e. The second-order valence-electron chi connectivity index (χ2n) is 9.04. The van der Waals surface area contributed by atoms with Crippen LogP contribution >= 0.6 is 0 Å². The van der Waals surface area contributed by atoms with E-state index >= 15 is 0 Å². The molecule has 0 spiro atoms. The first kappa shape index (κ1) is 11.1. The molecule has 0 heteroatoms. The number of fused-ring (bicyclic) bond motifs is 4. The molecule has 0 aliphatic heterocycles. The van der Waals surface area contributed by atoms with Gasteiger partial charge >= 0.3 is 0 Å². The zero-order valence-corrected chi connectivity index (χ0v) is 12.4. The standard InChI is InChI=1S/C16H28/c1-11(2)9-13(5)15(11,7)14(6)10-12(3,4)16(13,14)8/h9-10H2,1-8H3. The van der Waals surface area contributed by atoms with Gasteiger partial charge in [-0.3, -0.25) is 0 Å². The van der Waals surface area contributed by atoms with E-state index in [-0.39, 0.29) is 0 Å². The fourth-order valence-corrected chi connectivity index (χ4v) is 7.76. The average Bonchev–Trinajstić information content (AvgIpc) is 2.12. The Kier molecular flexibility index (Phi) is 1.41. The van der Waals surface area contributed by atoms with Crippen molar-refractivity contribution in [3.05, 3.63) is 0 Å². The first-order chi connectivity index (χ1) is 6.91. The van der Waals surface area contributed by atoms with Crippen LogP contribution in [0.25, 0.3) is 0 Å². The molecule has 3 rings (SSSR count). The summed E-state index contributed by atoms with van der Waals surface area (Å²) in [6.45, 7) is 20.3. The van der Waals surface area contributed by atoms with Crippen molar-refractivity contribution < 1.29 is 0 Å². The molecule has 3 aliphatic rings. The fourth-order valence-electron chi connectivity index (χ4n) is 7.76. The quantitative estimate of drug-likeness (QED) is 0.545. The van der Waals surface area contributed by atoms with E-state index in [0.717, 1.165) is 0 Å². The highest BCUT2D eigenvalue weighted by atomic mass is 15.0. The van der Waals surface area contributed by atoms with Crippen molar-refractivity contribution in [3.63, 3.8) is 0 Å². The summed E-state index contributed by atoms with van der Waals surface area (Å²) in [6.07, 6.45) is 2.85. The molecule has 0 unspecified atom stereocenters. The average molecular weight is 220 g/mol. The normalized spacial score (nSPS) is 64.5. The molecule has 0 saturated heterocycles. The Morgan fingerprint density at radius 1 is 0.500 bits per heavy atom. The van der Waals surface area contributed by atoms with Crippen molar-refractivity contribution in [1.29, 1.82) is 0 Å². The van der Waals surface area contributed by atoms with Crippen LogP contribution in [0.1, 0.15) is 68.2 Å². The molecular weight excluding hydrogens is 192 g/mol. The van der Waals surface area contributed by atoms with Gasteiger partial charge in [0.15, 0.2) is 0 Å². The summed E-state index contributed by atoms with van der Waals surface area (Å²) in [5.41, 5.74) is 3.40. The molecule has 0 aromatic rings. The highest BCUT2D eigenvalue weighted by molar-refractivity contribution is 5.42. The van der Waals surface area contributed by atoms with Gasteiger partial charge in [-0.05, 0) is 45.3 Å². The molecule has 16 heavy (non-hydrogen) atoms. The molecule has 92 valence electrons. The minimum absolute atomic E-state index is 0.548. The molecule has 0 nitrogen and oxygen atoms in total. The van der Waals surface area contributed by atoms with Gasteiger partial charge in [0.1, 0.15) is 0 Å². The molecule has 0 atom stereocenters. The molecule has 3 fully saturated rings. The summed E-state index contributed by atoms with van der Waals surface area (Å²) in [5.74, 6) is 0. The minimum Gasteiger partial charge on any atom is -0.0593 e. The maximum absolute atomic E-state index is 2.58. The van der Waals surface area contributed by atoms with E-state index in [2.05, 4.69) is 55.4 Å². The van der Waals surface area contributed by atoms with Crippen molar-refractivity contribution in [3.8, 4) is 0 Å². The maximum atomic E-state index is 2.58. The maximum Gasteiger partial charge on any atom is -0.0155 e. The van der Waals surface area contributed by atoms with E-state index in [4.69, 9.17) is 0 Å². The van der Waals surface area contributed by atoms with Crippen LogP contribution in [0.4, 0.5) is 0 Å². The minimum atomic E-state index is 0.548. The Balaban J connectivity index is 2.15. The van der Waals surface area contributed by atoms with Crippen LogP contribution in [0.15, 0.2) is 0 Å². The largest absolute Gasteiger partial charge is 0.0593 e. The molecule has 0 amide bonds. The molecule has 0 aromatic heterocycles. The lowest BCUT2D eigenvalue weighted by molar-refractivity contribution is -0.515. The zero-order valence-electron chi connectivity index (χ0n) is 12.4. The fraction of sp³-hybridized carbons (Fsp3) is 1.00. The Morgan fingerprint density at radius 3 is 0.938 bits per heavy atom. The third-order valence-corrected chi connectivity index (χ3v) is 8.71. The summed E-state index contributed by atoms with van der Waals surface area (Å²) in [6, 6.07) is 0. The van der Waals surface area contributed by atoms with E-state index in [9.17, 15) is 0 Å². The van der Waals surface area contributed by atoms with E-state index in [1.807, 2.05) is 0 Å². The first-order valence-corrected chi connectivity index (χ1v) is 6.91. The summed E-state index contributed by atoms with van der Waals surface area (Å²) >= 11 is 0. The van der Waals surface area contributed by atoms with Gasteiger partial charge in [0.05, 0.1) is 0 Å². The molecule has 0 aromatic carbocycles. The molecule has 0 heterocycles. The molecule has 0 bridgehead atoms. The van der Waals surface area contributed by atoms with Gasteiger partial charge in [-0.1, -0.05) is 55.4 Å². The van der Waals surface area contributed by atoms with Gasteiger partial charge in [0.25, 0.3) is 0 Å².